The van der Waals surface area contributed by atoms with Crippen LogP contribution >= 0.6 is 23.2 Å². The first-order valence-electron chi connectivity index (χ1n) is 6.74. The van der Waals surface area contributed by atoms with Crippen LogP contribution in [0.5, 0.6) is 0 Å². The monoisotopic (exact) mass is 285 g/mol. The highest BCUT2D eigenvalue weighted by atomic mass is 35.5. The molecule has 3 heteroatoms. The predicted molar refractivity (Wildman–Crippen MR) is 79.7 cm³/mol. The fraction of sp³-hybridized carbons (Fsp3) is 0.600. The van der Waals surface area contributed by atoms with Gasteiger partial charge in [0.05, 0.1) is 10.0 Å². The molecule has 2 unspecified atom stereocenters. The van der Waals surface area contributed by atoms with Crippen LogP contribution in [0.1, 0.15) is 45.1 Å². The number of rotatable bonds is 4. The van der Waals surface area contributed by atoms with E-state index in [1.807, 2.05) is 12.1 Å². The highest BCUT2D eigenvalue weighted by Crippen LogP contribution is 2.45. The molecule has 1 fully saturated rings. The van der Waals surface area contributed by atoms with E-state index in [1.165, 1.54) is 24.8 Å². The third-order valence-electron chi connectivity index (χ3n) is 4.03. The van der Waals surface area contributed by atoms with Crippen molar-refractivity contribution in [2.24, 2.45) is 0 Å². The zero-order chi connectivity index (χ0) is 13.2. The number of hydrogen-bond acceptors (Lipinski definition) is 1. The summed E-state index contributed by atoms with van der Waals surface area (Å²) >= 11 is 12.5. The van der Waals surface area contributed by atoms with E-state index in [-0.39, 0.29) is 5.41 Å². The van der Waals surface area contributed by atoms with Gasteiger partial charge in [-0.1, -0.05) is 49.2 Å². The number of halogens is 2. The van der Waals surface area contributed by atoms with Gasteiger partial charge in [0.25, 0.3) is 0 Å². The SMILES string of the molecule is CCCNC1CCC(C)(c2cccc(Cl)c2Cl)C1. The zero-order valence-electron chi connectivity index (χ0n) is 11.1. The maximum Gasteiger partial charge on any atom is 0.0629 e. The third kappa shape index (κ3) is 2.84. The van der Waals surface area contributed by atoms with Gasteiger partial charge in [-0.15, -0.1) is 0 Å². The Balaban J connectivity index is 2.15. The van der Waals surface area contributed by atoms with Crippen LogP contribution < -0.4 is 5.32 Å². The molecule has 0 spiro atoms. The predicted octanol–water partition coefficient (Wildman–Crippen LogP) is 4.80. The summed E-state index contributed by atoms with van der Waals surface area (Å²) < 4.78 is 0. The lowest BCUT2D eigenvalue weighted by atomic mass is 9.81. The maximum absolute atomic E-state index is 6.36. The van der Waals surface area contributed by atoms with Crippen molar-refractivity contribution in [3.8, 4) is 0 Å². The van der Waals surface area contributed by atoms with Gasteiger partial charge in [-0.05, 0) is 49.3 Å². The smallest absolute Gasteiger partial charge is 0.0629 e. The lowest BCUT2D eigenvalue weighted by molar-refractivity contribution is 0.453. The molecule has 1 nitrogen and oxygen atoms in total. The van der Waals surface area contributed by atoms with Crippen molar-refractivity contribution in [3.63, 3.8) is 0 Å². The van der Waals surface area contributed by atoms with E-state index in [1.54, 1.807) is 0 Å². The van der Waals surface area contributed by atoms with Gasteiger partial charge in [-0.2, -0.15) is 0 Å². The second-order valence-corrected chi connectivity index (χ2v) is 6.34. The normalized spacial score (nSPS) is 27.7. The molecule has 1 aromatic carbocycles. The molecule has 1 aliphatic carbocycles. The van der Waals surface area contributed by atoms with E-state index in [9.17, 15) is 0 Å². The van der Waals surface area contributed by atoms with Crippen molar-refractivity contribution in [1.29, 1.82) is 0 Å². The molecular weight excluding hydrogens is 265 g/mol. The zero-order valence-corrected chi connectivity index (χ0v) is 12.6. The second kappa shape index (κ2) is 5.81. The standard InChI is InChI=1S/C15H21Cl2N/c1-3-9-18-11-7-8-15(2,10-11)12-5-4-6-13(16)14(12)17/h4-6,11,18H,3,7-10H2,1-2H3. The molecule has 0 aliphatic heterocycles. The summed E-state index contributed by atoms with van der Waals surface area (Å²) in [5.74, 6) is 0. The highest BCUT2D eigenvalue weighted by Gasteiger charge is 2.37. The first kappa shape index (κ1) is 14.2. The summed E-state index contributed by atoms with van der Waals surface area (Å²) in [6, 6.07) is 6.60. The summed E-state index contributed by atoms with van der Waals surface area (Å²) in [5, 5.41) is 5.02. The molecule has 1 saturated carbocycles. The molecule has 0 bridgehead atoms. The molecule has 0 radical (unpaired) electrons. The minimum Gasteiger partial charge on any atom is -0.314 e. The highest BCUT2D eigenvalue weighted by molar-refractivity contribution is 6.42. The van der Waals surface area contributed by atoms with E-state index in [2.05, 4.69) is 25.2 Å². The average Bonchev–Trinajstić information content (AvgIpc) is 2.73. The summed E-state index contributed by atoms with van der Waals surface area (Å²) in [6.07, 6.45) is 4.73. The summed E-state index contributed by atoms with van der Waals surface area (Å²) in [5.41, 5.74) is 1.37. The summed E-state index contributed by atoms with van der Waals surface area (Å²) in [6.45, 7) is 5.61. The van der Waals surface area contributed by atoms with Crippen molar-refractivity contribution in [1.82, 2.24) is 5.32 Å². The molecular formula is C15H21Cl2N. The van der Waals surface area contributed by atoms with E-state index < -0.39 is 0 Å². The summed E-state index contributed by atoms with van der Waals surface area (Å²) in [7, 11) is 0. The Morgan fingerprint density at radius 3 is 2.89 bits per heavy atom. The lowest BCUT2D eigenvalue weighted by Gasteiger charge is -2.26. The van der Waals surface area contributed by atoms with Crippen LogP contribution in [0.2, 0.25) is 10.0 Å². The Hall–Kier alpha value is -0.240. The third-order valence-corrected chi connectivity index (χ3v) is 4.85. The molecule has 0 aromatic heterocycles. The van der Waals surface area contributed by atoms with E-state index in [0.29, 0.717) is 11.1 Å². The topological polar surface area (TPSA) is 12.0 Å². The van der Waals surface area contributed by atoms with Gasteiger partial charge in [0, 0.05) is 6.04 Å². The van der Waals surface area contributed by atoms with Gasteiger partial charge in [0.15, 0.2) is 0 Å². The van der Waals surface area contributed by atoms with Gasteiger partial charge >= 0.3 is 0 Å². The van der Waals surface area contributed by atoms with Crippen LogP contribution in [-0.2, 0) is 5.41 Å². The van der Waals surface area contributed by atoms with Crippen molar-refractivity contribution in [3.05, 3.63) is 33.8 Å². The Morgan fingerprint density at radius 1 is 1.39 bits per heavy atom. The molecule has 100 valence electrons. The molecule has 0 amide bonds. The minimum absolute atomic E-state index is 0.160. The maximum atomic E-state index is 6.36. The van der Waals surface area contributed by atoms with Crippen LogP contribution in [0.25, 0.3) is 0 Å². The van der Waals surface area contributed by atoms with Crippen molar-refractivity contribution in [2.45, 2.75) is 51.0 Å². The van der Waals surface area contributed by atoms with Crippen molar-refractivity contribution in [2.75, 3.05) is 6.54 Å². The van der Waals surface area contributed by atoms with Crippen molar-refractivity contribution < 1.29 is 0 Å². The van der Waals surface area contributed by atoms with Gasteiger partial charge < -0.3 is 5.32 Å². The fourth-order valence-electron chi connectivity index (χ4n) is 2.98. The Morgan fingerprint density at radius 2 is 2.17 bits per heavy atom. The van der Waals surface area contributed by atoms with Crippen molar-refractivity contribution >= 4 is 23.2 Å². The molecule has 18 heavy (non-hydrogen) atoms. The number of benzene rings is 1. The Labute approximate surface area is 120 Å². The van der Waals surface area contributed by atoms with Gasteiger partial charge in [0.2, 0.25) is 0 Å². The van der Waals surface area contributed by atoms with E-state index in [4.69, 9.17) is 23.2 Å². The minimum atomic E-state index is 0.160. The first-order chi connectivity index (χ1) is 8.57. The summed E-state index contributed by atoms with van der Waals surface area (Å²) in [4.78, 5) is 0. The molecule has 0 heterocycles. The van der Waals surface area contributed by atoms with E-state index >= 15 is 0 Å². The van der Waals surface area contributed by atoms with Crippen LogP contribution in [-0.4, -0.2) is 12.6 Å². The second-order valence-electron chi connectivity index (χ2n) is 5.56. The molecule has 2 rings (SSSR count). The average molecular weight is 286 g/mol. The van der Waals surface area contributed by atoms with Gasteiger partial charge in [-0.3, -0.25) is 0 Å². The Kier molecular flexibility index (Phi) is 4.58. The van der Waals surface area contributed by atoms with Crippen LogP contribution in [0.3, 0.4) is 0 Å². The quantitative estimate of drug-likeness (QED) is 0.838. The molecule has 2 atom stereocenters. The van der Waals surface area contributed by atoms with Gasteiger partial charge in [-0.25, -0.2) is 0 Å². The molecule has 1 aromatic rings. The fourth-order valence-corrected chi connectivity index (χ4v) is 3.51. The van der Waals surface area contributed by atoms with Crippen LogP contribution in [0, 0.1) is 0 Å². The molecule has 1 N–H and O–H groups in total. The Bertz CT molecular complexity index is 419. The lowest BCUT2D eigenvalue weighted by Crippen LogP contribution is -2.29. The number of hydrogen-bond donors (Lipinski definition) is 1. The molecule has 1 aliphatic rings. The van der Waals surface area contributed by atoms with Gasteiger partial charge in [0.1, 0.15) is 0 Å². The van der Waals surface area contributed by atoms with Crippen LogP contribution in [0.4, 0.5) is 0 Å². The van der Waals surface area contributed by atoms with E-state index in [0.717, 1.165) is 18.0 Å². The number of nitrogens with one attached hydrogen (secondary N) is 1. The largest absolute Gasteiger partial charge is 0.314 e. The first-order valence-corrected chi connectivity index (χ1v) is 7.50. The molecule has 0 saturated heterocycles. The van der Waals surface area contributed by atoms with Crippen LogP contribution in [0.15, 0.2) is 18.2 Å².